The van der Waals surface area contributed by atoms with Gasteiger partial charge in [-0.25, -0.2) is 13.8 Å². The molecular formula is C8H9F2N3O. The largest absolute Gasteiger partial charge is 0.397 e. The third kappa shape index (κ3) is 1.85. The summed E-state index contributed by atoms with van der Waals surface area (Å²) >= 11 is 0. The van der Waals surface area contributed by atoms with Gasteiger partial charge in [-0.3, -0.25) is 4.79 Å². The Morgan fingerprint density at radius 3 is 2.64 bits per heavy atom. The van der Waals surface area contributed by atoms with Gasteiger partial charge in [-0.1, -0.05) is 0 Å². The maximum absolute atomic E-state index is 12.4. The fourth-order valence-electron chi connectivity index (χ4n) is 1.05. The number of aromatic nitrogens is 1. The molecule has 0 saturated heterocycles. The lowest BCUT2D eigenvalue weighted by Gasteiger charge is -2.08. The summed E-state index contributed by atoms with van der Waals surface area (Å²) in [5, 5.41) is 0. The number of hydrogen-bond donors (Lipinski definition) is 2. The fourth-order valence-corrected chi connectivity index (χ4v) is 1.05. The maximum atomic E-state index is 12.4. The van der Waals surface area contributed by atoms with Crippen molar-refractivity contribution in [3.8, 4) is 0 Å². The highest BCUT2D eigenvalue weighted by Crippen LogP contribution is 2.23. The molecule has 0 aliphatic heterocycles. The van der Waals surface area contributed by atoms with Gasteiger partial charge in [0.1, 0.15) is 11.4 Å². The number of anilines is 1. The first kappa shape index (κ1) is 10.5. The van der Waals surface area contributed by atoms with E-state index in [4.69, 9.17) is 11.5 Å². The van der Waals surface area contributed by atoms with E-state index in [0.29, 0.717) is 6.29 Å². The van der Waals surface area contributed by atoms with Crippen molar-refractivity contribution >= 4 is 12.0 Å². The van der Waals surface area contributed by atoms with E-state index < -0.39 is 12.1 Å². The number of alkyl halides is 2. The lowest BCUT2D eigenvalue weighted by Crippen LogP contribution is -2.09. The average molecular weight is 201 g/mol. The molecule has 0 bridgehead atoms. The molecule has 0 aliphatic carbocycles. The summed E-state index contributed by atoms with van der Waals surface area (Å²) in [6.07, 6.45) is -2.42. The molecule has 0 saturated carbocycles. The number of nitrogens with two attached hydrogens (primary N) is 2. The van der Waals surface area contributed by atoms with Crippen LogP contribution in [0.3, 0.4) is 0 Å². The Kier molecular flexibility index (Phi) is 3.08. The molecule has 14 heavy (non-hydrogen) atoms. The summed E-state index contributed by atoms with van der Waals surface area (Å²) in [5.74, 6) is 0. The molecule has 0 amide bonds. The zero-order chi connectivity index (χ0) is 10.7. The SMILES string of the molecule is NCc1cc(N)c(C=O)nc1C(F)F. The second-order valence-corrected chi connectivity index (χ2v) is 2.63. The number of carbonyl (C=O) groups is 1. The van der Waals surface area contributed by atoms with Crippen LogP contribution in [-0.2, 0) is 6.54 Å². The minimum atomic E-state index is -2.76. The molecule has 1 aromatic heterocycles. The predicted molar refractivity (Wildman–Crippen MR) is 46.9 cm³/mol. The van der Waals surface area contributed by atoms with Crippen molar-refractivity contribution in [1.29, 1.82) is 0 Å². The smallest absolute Gasteiger partial charge is 0.280 e. The third-order valence-corrected chi connectivity index (χ3v) is 1.73. The fraction of sp³-hybridized carbons (Fsp3) is 0.250. The van der Waals surface area contributed by atoms with Crippen LogP contribution < -0.4 is 11.5 Å². The summed E-state index contributed by atoms with van der Waals surface area (Å²) in [5.41, 5.74) is 10.2. The van der Waals surface area contributed by atoms with E-state index in [1.165, 1.54) is 6.07 Å². The van der Waals surface area contributed by atoms with Gasteiger partial charge in [0.05, 0.1) is 5.69 Å². The molecule has 0 atom stereocenters. The molecule has 76 valence electrons. The third-order valence-electron chi connectivity index (χ3n) is 1.73. The molecule has 1 aromatic rings. The summed E-state index contributed by atoms with van der Waals surface area (Å²) in [6.45, 7) is -0.0873. The second kappa shape index (κ2) is 4.10. The standard InChI is InChI=1S/C8H9F2N3O/c9-8(10)7-4(2-11)1-5(12)6(3-14)13-7/h1,3,8H,2,11-12H2. The molecule has 0 aliphatic rings. The van der Waals surface area contributed by atoms with Crippen LogP contribution >= 0.6 is 0 Å². The highest BCUT2D eigenvalue weighted by atomic mass is 19.3. The first-order valence-corrected chi connectivity index (χ1v) is 3.82. The van der Waals surface area contributed by atoms with Gasteiger partial charge in [-0.05, 0) is 11.6 Å². The summed E-state index contributed by atoms with van der Waals surface area (Å²) in [6, 6.07) is 1.25. The van der Waals surface area contributed by atoms with Crippen LogP contribution in [0.25, 0.3) is 0 Å². The topological polar surface area (TPSA) is 82.0 Å². The van der Waals surface area contributed by atoms with Crippen molar-refractivity contribution in [1.82, 2.24) is 4.98 Å². The highest BCUT2D eigenvalue weighted by Gasteiger charge is 2.16. The molecular weight excluding hydrogens is 192 g/mol. The number of pyridine rings is 1. The first-order valence-electron chi connectivity index (χ1n) is 3.82. The van der Waals surface area contributed by atoms with E-state index in [0.717, 1.165) is 0 Å². The van der Waals surface area contributed by atoms with Crippen LogP contribution in [0.4, 0.5) is 14.5 Å². The van der Waals surface area contributed by atoms with Crippen LogP contribution in [0.15, 0.2) is 6.07 Å². The van der Waals surface area contributed by atoms with Crippen molar-refractivity contribution in [2.45, 2.75) is 13.0 Å². The average Bonchev–Trinajstić information content (AvgIpc) is 2.16. The van der Waals surface area contributed by atoms with Crippen molar-refractivity contribution in [3.63, 3.8) is 0 Å². The van der Waals surface area contributed by atoms with Crippen LogP contribution in [-0.4, -0.2) is 11.3 Å². The number of rotatable bonds is 3. The molecule has 0 aromatic carbocycles. The lowest BCUT2D eigenvalue weighted by molar-refractivity contribution is 0.111. The zero-order valence-electron chi connectivity index (χ0n) is 7.21. The minimum Gasteiger partial charge on any atom is -0.397 e. The molecule has 6 heteroatoms. The zero-order valence-corrected chi connectivity index (χ0v) is 7.21. The van der Waals surface area contributed by atoms with Gasteiger partial charge in [0, 0.05) is 6.54 Å². The van der Waals surface area contributed by atoms with Gasteiger partial charge in [0.2, 0.25) is 0 Å². The summed E-state index contributed by atoms with van der Waals surface area (Å²) in [7, 11) is 0. The van der Waals surface area contributed by atoms with Gasteiger partial charge in [0.15, 0.2) is 6.29 Å². The number of nitrogens with zero attached hydrogens (tertiary/aromatic N) is 1. The summed E-state index contributed by atoms with van der Waals surface area (Å²) in [4.78, 5) is 13.8. The molecule has 0 radical (unpaired) electrons. The first-order chi connectivity index (χ1) is 6.60. The van der Waals surface area contributed by atoms with E-state index in [9.17, 15) is 13.6 Å². The number of halogens is 2. The number of nitrogen functional groups attached to an aromatic ring is 1. The molecule has 1 heterocycles. The van der Waals surface area contributed by atoms with Gasteiger partial charge in [0.25, 0.3) is 6.43 Å². The van der Waals surface area contributed by atoms with Crippen molar-refractivity contribution < 1.29 is 13.6 Å². The Balaban J connectivity index is 3.32. The van der Waals surface area contributed by atoms with E-state index in [1.807, 2.05) is 0 Å². The Morgan fingerprint density at radius 2 is 2.21 bits per heavy atom. The van der Waals surface area contributed by atoms with Gasteiger partial charge >= 0.3 is 0 Å². The molecule has 0 fully saturated rings. The van der Waals surface area contributed by atoms with Gasteiger partial charge in [-0.15, -0.1) is 0 Å². The molecule has 0 unspecified atom stereocenters. The van der Waals surface area contributed by atoms with Crippen molar-refractivity contribution in [2.75, 3.05) is 5.73 Å². The van der Waals surface area contributed by atoms with Crippen molar-refractivity contribution in [2.24, 2.45) is 5.73 Å². The van der Waals surface area contributed by atoms with Crippen LogP contribution in [0.2, 0.25) is 0 Å². The Bertz CT molecular complexity index is 355. The predicted octanol–water partition coefficient (Wildman–Crippen LogP) is 0.873. The Morgan fingerprint density at radius 1 is 1.57 bits per heavy atom. The number of carbonyl (C=O) groups excluding carboxylic acids is 1. The maximum Gasteiger partial charge on any atom is 0.280 e. The minimum absolute atomic E-state index is 0.0600. The van der Waals surface area contributed by atoms with Crippen LogP contribution in [0.5, 0.6) is 0 Å². The summed E-state index contributed by atoms with van der Waals surface area (Å²) < 4.78 is 24.8. The Hall–Kier alpha value is -1.56. The number of hydrogen-bond acceptors (Lipinski definition) is 4. The van der Waals surface area contributed by atoms with Crippen molar-refractivity contribution in [3.05, 3.63) is 23.0 Å². The number of aldehydes is 1. The monoisotopic (exact) mass is 201 g/mol. The van der Waals surface area contributed by atoms with E-state index in [-0.39, 0.29) is 23.5 Å². The van der Waals surface area contributed by atoms with E-state index in [2.05, 4.69) is 4.98 Å². The Labute approximate surface area is 78.9 Å². The molecule has 1 rings (SSSR count). The highest BCUT2D eigenvalue weighted by molar-refractivity contribution is 5.80. The van der Waals surface area contributed by atoms with Gasteiger partial charge in [-0.2, -0.15) is 0 Å². The second-order valence-electron chi connectivity index (χ2n) is 2.63. The molecule has 0 spiro atoms. The molecule has 4 N–H and O–H groups in total. The van der Waals surface area contributed by atoms with E-state index in [1.54, 1.807) is 0 Å². The normalized spacial score (nSPS) is 10.6. The quantitative estimate of drug-likeness (QED) is 0.711. The van der Waals surface area contributed by atoms with Crippen LogP contribution in [0.1, 0.15) is 28.2 Å². The van der Waals surface area contributed by atoms with Crippen LogP contribution in [0, 0.1) is 0 Å². The lowest BCUT2D eigenvalue weighted by atomic mass is 10.1. The van der Waals surface area contributed by atoms with E-state index >= 15 is 0 Å². The van der Waals surface area contributed by atoms with Gasteiger partial charge < -0.3 is 11.5 Å². The molecule has 4 nitrogen and oxygen atoms in total.